The Hall–Kier alpha value is -3.25. The summed E-state index contributed by atoms with van der Waals surface area (Å²) in [7, 11) is 0. The van der Waals surface area contributed by atoms with Crippen LogP contribution in [0.4, 0.5) is 11.5 Å². The maximum absolute atomic E-state index is 5.97. The highest BCUT2D eigenvalue weighted by Crippen LogP contribution is 2.23. The third kappa shape index (κ3) is 3.20. The first-order valence-corrected chi connectivity index (χ1v) is 8.08. The highest BCUT2D eigenvalue weighted by Gasteiger charge is 2.06. The van der Waals surface area contributed by atoms with E-state index in [2.05, 4.69) is 25.5 Å². The van der Waals surface area contributed by atoms with Gasteiger partial charge >= 0.3 is 0 Å². The van der Waals surface area contributed by atoms with Gasteiger partial charge in [0.25, 0.3) is 0 Å². The predicted molar refractivity (Wildman–Crippen MR) is 99.4 cm³/mol. The molecule has 0 spiro atoms. The summed E-state index contributed by atoms with van der Waals surface area (Å²) in [5, 5.41) is 11.3. The summed E-state index contributed by atoms with van der Waals surface area (Å²) < 4.78 is 0. The van der Waals surface area contributed by atoms with Gasteiger partial charge < -0.3 is 11.1 Å². The van der Waals surface area contributed by atoms with Crippen LogP contribution in [0.3, 0.4) is 0 Å². The van der Waals surface area contributed by atoms with Gasteiger partial charge in [0.1, 0.15) is 5.82 Å². The Labute approximate surface area is 145 Å². The van der Waals surface area contributed by atoms with Crippen LogP contribution < -0.4 is 11.1 Å². The van der Waals surface area contributed by atoms with Crippen LogP contribution in [0.1, 0.15) is 18.5 Å². The number of nitrogens with one attached hydrogen (secondary N) is 2. The number of aromatic amines is 1. The highest BCUT2D eigenvalue weighted by atomic mass is 15.1. The van der Waals surface area contributed by atoms with Crippen LogP contribution in [0.15, 0.2) is 60.9 Å². The van der Waals surface area contributed by atoms with Crippen molar-refractivity contribution >= 4 is 22.4 Å². The number of aromatic nitrogens is 4. The zero-order valence-corrected chi connectivity index (χ0v) is 13.8. The van der Waals surface area contributed by atoms with Gasteiger partial charge in [0.05, 0.1) is 11.7 Å². The van der Waals surface area contributed by atoms with Crippen molar-refractivity contribution in [2.75, 3.05) is 5.32 Å². The van der Waals surface area contributed by atoms with Crippen molar-refractivity contribution in [2.24, 2.45) is 5.73 Å². The first-order chi connectivity index (χ1) is 12.2. The van der Waals surface area contributed by atoms with Crippen LogP contribution in [0, 0.1) is 0 Å². The molecule has 2 aromatic heterocycles. The quantitative estimate of drug-likeness (QED) is 0.529. The summed E-state index contributed by atoms with van der Waals surface area (Å²) in [4.78, 5) is 9.01. The van der Waals surface area contributed by atoms with Crippen molar-refractivity contribution in [2.45, 2.75) is 13.0 Å². The molecule has 4 rings (SSSR count). The smallest absolute Gasteiger partial charge is 0.161 e. The number of anilines is 2. The molecule has 6 nitrogen and oxygen atoms in total. The zero-order chi connectivity index (χ0) is 17.2. The molecular formula is C19H18N6. The van der Waals surface area contributed by atoms with Gasteiger partial charge in [-0.2, -0.15) is 5.10 Å². The summed E-state index contributed by atoms with van der Waals surface area (Å²) in [5.74, 6) is 1.40. The van der Waals surface area contributed by atoms with Crippen LogP contribution in [-0.4, -0.2) is 20.2 Å². The molecular weight excluding hydrogens is 312 g/mol. The van der Waals surface area contributed by atoms with E-state index in [0.29, 0.717) is 5.82 Å². The second-order valence-electron chi connectivity index (χ2n) is 5.98. The Morgan fingerprint density at radius 3 is 2.92 bits per heavy atom. The summed E-state index contributed by atoms with van der Waals surface area (Å²) >= 11 is 0. The van der Waals surface area contributed by atoms with E-state index in [1.807, 2.05) is 55.5 Å². The number of hydrogen-bond acceptors (Lipinski definition) is 5. The lowest BCUT2D eigenvalue weighted by Crippen LogP contribution is -2.05. The molecule has 0 aliphatic rings. The maximum atomic E-state index is 5.97. The van der Waals surface area contributed by atoms with Crippen LogP contribution in [-0.2, 0) is 0 Å². The molecule has 0 radical (unpaired) electrons. The van der Waals surface area contributed by atoms with Crippen molar-refractivity contribution < 1.29 is 0 Å². The Morgan fingerprint density at radius 1 is 1.12 bits per heavy atom. The number of nitrogens with two attached hydrogens (primary N) is 1. The Bertz CT molecular complexity index is 1020. The molecule has 0 aliphatic heterocycles. The number of hydrogen-bond donors (Lipinski definition) is 3. The normalized spacial score (nSPS) is 12.2. The minimum Gasteiger partial charge on any atom is -0.340 e. The van der Waals surface area contributed by atoms with Crippen molar-refractivity contribution in [3.63, 3.8) is 0 Å². The van der Waals surface area contributed by atoms with Gasteiger partial charge in [-0.25, -0.2) is 9.97 Å². The van der Waals surface area contributed by atoms with E-state index in [0.717, 1.165) is 33.5 Å². The van der Waals surface area contributed by atoms with E-state index < -0.39 is 0 Å². The number of nitrogens with zero attached hydrogens (tertiary/aromatic N) is 3. The second-order valence-corrected chi connectivity index (χ2v) is 5.98. The first kappa shape index (κ1) is 15.3. The topological polar surface area (TPSA) is 92.5 Å². The lowest BCUT2D eigenvalue weighted by atomic mass is 10.1. The zero-order valence-electron chi connectivity index (χ0n) is 13.8. The van der Waals surface area contributed by atoms with Gasteiger partial charge in [0, 0.05) is 28.9 Å². The van der Waals surface area contributed by atoms with Gasteiger partial charge in [-0.05, 0) is 42.8 Å². The van der Waals surface area contributed by atoms with Gasteiger partial charge in [-0.3, -0.25) is 5.10 Å². The van der Waals surface area contributed by atoms with Crippen LogP contribution in [0.5, 0.6) is 0 Å². The summed E-state index contributed by atoms with van der Waals surface area (Å²) in [6, 6.07) is 15.8. The molecule has 25 heavy (non-hydrogen) atoms. The van der Waals surface area contributed by atoms with Gasteiger partial charge in [0.2, 0.25) is 0 Å². The average molecular weight is 330 g/mol. The van der Waals surface area contributed by atoms with E-state index in [1.54, 1.807) is 12.4 Å². The van der Waals surface area contributed by atoms with Crippen molar-refractivity contribution in [3.8, 4) is 11.4 Å². The lowest BCUT2D eigenvalue weighted by molar-refractivity contribution is 0.818. The third-order valence-corrected chi connectivity index (χ3v) is 4.04. The molecule has 0 fully saturated rings. The Morgan fingerprint density at radius 2 is 2.04 bits per heavy atom. The molecule has 0 saturated heterocycles. The second kappa shape index (κ2) is 6.33. The SMILES string of the molecule is CC(N)c1cccc(-c2nccc(Nc3ccc4[nH]ncc4c3)n2)c1. The van der Waals surface area contributed by atoms with E-state index in [1.165, 1.54) is 0 Å². The molecule has 1 atom stereocenters. The minimum atomic E-state index is -0.0251. The molecule has 4 N–H and O–H groups in total. The monoisotopic (exact) mass is 330 g/mol. The van der Waals surface area contributed by atoms with Gasteiger partial charge in [-0.1, -0.05) is 18.2 Å². The largest absolute Gasteiger partial charge is 0.340 e. The molecule has 2 heterocycles. The summed E-state index contributed by atoms with van der Waals surface area (Å²) in [6.07, 6.45) is 3.55. The lowest BCUT2D eigenvalue weighted by Gasteiger charge is -2.09. The molecule has 1 unspecified atom stereocenters. The molecule has 2 aromatic carbocycles. The molecule has 0 aliphatic carbocycles. The number of fused-ring (bicyclic) bond motifs is 1. The number of H-pyrrole nitrogens is 1. The predicted octanol–water partition coefficient (Wildman–Crippen LogP) is 3.78. The molecule has 0 saturated carbocycles. The highest BCUT2D eigenvalue weighted by molar-refractivity contribution is 5.82. The molecule has 0 amide bonds. The molecule has 0 bridgehead atoms. The number of rotatable bonds is 4. The fourth-order valence-corrected chi connectivity index (χ4v) is 2.70. The Balaban J connectivity index is 1.63. The standard InChI is InChI=1S/C19H18N6/c1-12(20)13-3-2-4-14(9-13)19-21-8-7-18(24-19)23-16-5-6-17-15(10-16)11-22-25-17/h2-12H,20H2,1H3,(H,22,25)(H,21,23,24). The molecule has 6 heteroatoms. The van der Waals surface area contributed by atoms with E-state index >= 15 is 0 Å². The average Bonchev–Trinajstić information content (AvgIpc) is 3.10. The van der Waals surface area contributed by atoms with Crippen LogP contribution in [0.25, 0.3) is 22.3 Å². The van der Waals surface area contributed by atoms with Crippen LogP contribution >= 0.6 is 0 Å². The Kier molecular flexibility index (Phi) is 3.87. The molecule has 124 valence electrons. The number of benzene rings is 2. The van der Waals surface area contributed by atoms with Crippen molar-refractivity contribution in [1.29, 1.82) is 0 Å². The summed E-state index contributed by atoms with van der Waals surface area (Å²) in [5.41, 5.74) is 9.93. The van der Waals surface area contributed by atoms with E-state index in [-0.39, 0.29) is 6.04 Å². The summed E-state index contributed by atoms with van der Waals surface area (Å²) in [6.45, 7) is 1.96. The van der Waals surface area contributed by atoms with Crippen molar-refractivity contribution in [3.05, 3.63) is 66.5 Å². The minimum absolute atomic E-state index is 0.0251. The van der Waals surface area contributed by atoms with E-state index in [9.17, 15) is 0 Å². The maximum Gasteiger partial charge on any atom is 0.161 e. The van der Waals surface area contributed by atoms with Crippen molar-refractivity contribution in [1.82, 2.24) is 20.2 Å². The van der Waals surface area contributed by atoms with Crippen LogP contribution in [0.2, 0.25) is 0 Å². The van der Waals surface area contributed by atoms with E-state index in [4.69, 9.17) is 5.73 Å². The molecule has 4 aromatic rings. The van der Waals surface area contributed by atoms with Gasteiger partial charge in [0.15, 0.2) is 5.82 Å². The first-order valence-electron chi connectivity index (χ1n) is 8.08. The fourth-order valence-electron chi connectivity index (χ4n) is 2.70. The fraction of sp³-hybridized carbons (Fsp3) is 0.105. The third-order valence-electron chi connectivity index (χ3n) is 4.04. The van der Waals surface area contributed by atoms with Gasteiger partial charge in [-0.15, -0.1) is 0 Å².